The second-order valence-electron chi connectivity index (χ2n) is 10.6. The summed E-state index contributed by atoms with van der Waals surface area (Å²) in [6.45, 7) is 8.67. The molecule has 10 heteroatoms. The van der Waals surface area contributed by atoms with E-state index in [1.807, 2.05) is 27.7 Å². The average molecular weight is 595 g/mol. The van der Waals surface area contributed by atoms with Crippen molar-refractivity contribution in [2.24, 2.45) is 17.8 Å². The number of ether oxygens (including phenoxy) is 2. The number of carbonyl (C=O) groups excluding carboxylic acids is 3. The number of alkyl halides is 1. The van der Waals surface area contributed by atoms with Gasteiger partial charge < -0.3 is 30.1 Å². The first-order valence-corrected chi connectivity index (χ1v) is 14.7. The van der Waals surface area contributed by atoms with Gasteiger partial charge in [0.15, 0.2) is 0 Å². The Bertz CT molecular complexity index is 1020. The van der Waals surface area contributed by atoms with Gasteiger partial charge in [-0.3, -0.25) is 14.4 Å². The van der Waals surface area contributed by atoms with Gasteiger partial charge in [-0.1, -0.05) is 49.5 Å². The summed E-state index contributed by atoms with van der Waals surface area (Å²) < 4.78 is 12.0. The Balaban J connectivity index is 1.68. The van der Waals surface area contributed by atoms with Crippen LogP contribution in [0.5, 0.6) is 5.75 Å². The number of nitrogens with zero attached hydrogens (tertiary/aromatic N) is 1. The predicted octanol–water partition coefficient (Wildman–Crippen LogP) is 3.10. The summed E-state index contributed by atoms with van der Waals surface area (Å²) in [5.74, 6) is -1.84. The zero-order chi connectivity index (χ0) is 27.6. The minimum Gasteiger partial charge on any atom is -0.494 e. The fourth-order valence-electron chi connectivity index (χ4n) is 6.35. The number of unbranched alkanes of at least 4 members (excludes halogenated alkanes) is 1. The van der Waals surface area contributed by atoms with Crippen molar-refractivity contribution < 1.29 is 29.0 Å². The minimum atomic E-state index is -1.14. The van der Waals surface area contributed by atoms with Crippen LogP contribution in [0.3, 0.4) is 0 Å². The van der Waals surface area contributed by atoms with Gasteiger partial charge in [-0.15, -0.1) is 0 Å². The van der Waals surface area contributed by atoms with Crippen molar-refractivity contribution in [3.05, 3.63) is 24.3 Å². The molecule has 1 spiro atoms. The van der Waals surface area contributed by atoms with Crippen LogP contribution in [-0.4, -0.2) is 76.1 Å². The minimum absolute atomic E-state index is 0.0433. The van der Waals surface area contributed by atoms with Crippen LogP contribution >= 0.6 is 15.9 Å². The van der Waals surface area contributed by atoms with Gasteiger partial charge in [0.1, 0.15) is 17.4 Å². The third-order valence-corrected chi connectivity index (χ3v) is 9.23. The van der Waals surface area contributed by atoms with Crippen LogP contribution in [0.25, 0.3) is 0 Å². The van der Waals surface area contributed by atoms with E-state index in [0.29, 0.717) is 31.0 Å². The SMILES string of the molecule is CCCCNC(=O)C1N([C@@H](CO)[C@@H](C)CC)C(=O)[C@@H]2[C@@H](C(=O)Nc3ccc(OCC)cc3)[C@@H]3OC12CC3Br. The van der Waals surface area contributed by atoms with Crippen molar-refractivity contribution in [1.82, 2.24) is 10.2 Å². The summed E-state index contributed by atoms with van der Waals surface area (Å²) in [5.41, 5.74) is -0.557. The lowest BCUT2D eigenvalue weighted by Crippen LogP contribution is -2.59. The number of fused-ring (bicyclic) bond motifs is 1. The van der Waals surface area contributed by atoms with Crippen LogP contribution in [0.4, 0.5) is 5.69 Å². The van der Waals surface area contributed by atoms with Crippen LogP contribution in [0.1, 0.15) is 53.4 Å². The Morgan fingerprint density at radius 3 is 2.55 bits per heavy atom. The van der Waals surface area contributed by atoms with Gasteiger partial charge in [-0.2, -0.15) is 0 Å². The maximum absolute atomic E-state index is 14.2. The predicted molar refractivity (Wildman–Crippen MR) is 147 cm³/mol. The Labute approximate surface area is 233 Å². The summed E-state index contributed by atoms with van der Waals surface area (Å²) in [5, 5.41) is 16.3. The van der Waals surface area contributed by atoms with Gasteiger partial charge in [0, 0.05) is 17.1 Å². The molecule has 1 aromatic carbocycles. The molecule has 3 amide bonds. The molecule has 2 bridgehead atoms. The number of amides is 3. The Hall–Kier alpha value is -2.17. The lowest BCUT2D eigenvalue weighted by Gasteiger charge is -2.38. The number of anilines is 1. The van der Waals surface area contributed by atoms with Gasteiger partial charge in [0.05, 0.1) is 37.2 Å². The molecule has 0 aliphatic carbocycles. The van der Waals surface area contributed by atoms with E-state index in [0.717, 1.165) is 19.3 Å². The van der Waals surface area contributed by atoms with Gasteiger partial charge in [-0.05, 0) is 49.9 Å². The standard InChI is InChI=1S/C28H40BrN3O6/c1-5-8-13-30-26(35)24-28-14-19(29)23(38-28)21(22(28)27(36)32(24)20(15-33)16(4)6-2)25(34)31-17-9-11-18(12-10-17)37-7-3/h9-12,16,19-24,33H,5-8,13-15H2,1-4H3,(H,30,35)(H,31,34)/t16-,19?,20-,21+,22-,23+,24?,28?/m0/s1. The first-order chi connectivity index (χ1) is 18.2. The maximum atomic E-state index is 14.2. The largest absolute Gasteiger partial charge is 0.494 e. The number of nitrogens with one attached hydrogen (secondary N) is 2. The smallest absolute Gasteiger partial charge is 0.245 e. The van der Waals surface area contributed by atoms with Crippen molar-refractivity contribution in [3.63, 3.8) is 0 Å². The zero-order valence-corrected chi connectivity index (χ0v) is 24.2. The Kier molecular flexibility index (Phi) is 9.04. The molecule has 9 nitrogen and oxygen atoms in total. The van der Waals surface area contributed by atoms with Gasteiger partial charge in [-0.25, -0.2) is 0 Å². The molecule has 3 saturated heterocycles. The second-order valence-corrected chi connectivity index (χ2v) is 11.8. The van der Waals surface area contributed by atoms with E-state index < -0.39 is 35.6 Å². The number of hydrogen-bond acceptors (Lipinski definition) is 6. The first-order valence-electron chi connectivity index (χ1n) is 13.8. The molecular formula is C28H40BrN3O6. The highest BCUT2D eigenvalue weighted by Gasteiger charge is 2.77. The molecule has 0 radical (unpaired) electrons. The number of halogens is 1. The average Bonchev–Trinajstić information content (AvgIpc) is 3.49. The fourth-order valence-corrected chi connectivity index (χ4v) is 7.29. The zero-order valence-electron chi connectivity index (χ0n) is 22.6. The first kappa shape index (κ1) is 28.8. The van der Waals surface area contributed by atoms with Crippen molar-refractivity contribution in [2.75, 3.05) is 25.1 Å². The van der Waals surface area contributed by atoms with Crippen molar-refractivity contribution in [1.29, 1.82) is 0 Å². The highest BCUT2D eigenvalue weighted by molar-refractivity contribution is 9.09. The molecule has 3 aliphatic heterocycles. The number of hydrogen-bond donors (Lipinski definition) is 3. The van der Waals surface area contributed by atoms with E-state index in [1.54, 1.807) is 29.2 Å². The van der Waals surface area contributed by atoms with Gasteiger partial charge in [0.25, 0.3) is 0 Å². The van der Waals surface area contributed by atoms with Crippen LogP contribution in [0.2, 0.25) is 0 Å². The number of benzene rings is 1. The molecule has 210 valence electrons. The summed E-state index contributed by atoms with van der Waals surface area (Å²) in [4.78, 5) is 42.9. The van der Waals surface area contributed by atoms with Gasteiger partial charge >= 0.3 is 0 Å². The lowest BCUT2D eigenvalue weighted by atomic mass is 9.70. The molecule has 3 N–H and O–H groups in total. The van der Waals surface area contributed by atoms with Crippen molar-refractivity contribution in [2.45, 2.75) is 82.0 Å². The molecule has 8 atom stereocenters. The molecule has 0 saturated carbocycles. The van der Waals surface area contributed by atoms with Gasteiger partial charge in [0.2, 0.25) is 17.7 Å². The van der Waals surface area contributed by atoms with Crippen molar-refractivity contribution in [3.8, 4) is 5.75 Å². The Morgan fingerprint density at radius 2 is 1.95 bits per heavy atom. The van der Waals surface area contributed by atoms with E-state index in [-0.39, 0.29) is 35.1 Å². The van der Waals surface area contributed by atoms with Crippen molar-refractivity contribution >= 4 is 39.3 Å². The second kappa shape index (κ2) is 11.9. The highest BCUT2D eigenvalue weighted by Crippen LogP contribution is 2.60. The molecular weight excluding hydrogens is 554 g/mol. The number of aliphatic hydroxyl groups excluding tert-OH is 1. The number of rotatable bonds is 12. The number of likely N-dealkylation sites (tertiary alicyclic amines) is 1. The monoisotopic (exact) mass is 593 g/mol. The molecule has 0 aromatic heterocycles. The molecule has 3 aliphatic rings. The summed E-state index contributed by atoms with van der Waals surface area (Å²) in [6.07, 6.45) is 2.35. The Morgan fingerprint density at radius 1 is 1.24 bits per heavy atom. The fraction of sp³-hybridized carbons (Fsp3) is 0.679. The van der Waals surface area contributed by atoms with E-state index in [9.17, 15) is 19.5 Å². The summed E-state index contributed by atoms with van der Waals surface area (Å²) >= 11 is 3.69. The number of aliphatic hydroxyl groups is 1. The number of carbonyl (C=O) groups is 3. The maximum Gasteiger partial charge on any atom is 0.245 e. The quantitative estimate of drug-likeness (QED) is 0.253. The molecule has 3 heterocycles. The topological polar surface area (TPSA) is 117 Å². The lowest BCUT2D eigenvalue weighted by molar-refractivity contribution is -0.146. The normalized spacial score (nSPS) is 31.2. The third kappa shape index (κ3) is 4.95. The third-order valence-electron chi connectivity index (χ3n) is 8.39. The van der Waals surface area contributed by atoms with E-state index in [2.05, 4.69) is 26.6 Å². The highest BCUT2D eigenvalue weighted by atomic mass is 79.9. The molecule has 3 fully saturated rings. The van der Waals surface area contributed by atoms with Crippen LogP contribution < -0.4 is 15.4 Å². The van der Waals surface area contributed by atoms with E-state index in [1.165, 1.54) is 0 Å². The molecule has 3 unspecified atom stereocenters. The summed E-state index contributed by atoms with van der Waals surface area (Å²) in [6, 6.07) is 5.60. The summed E-state index contributed by atoms with van der Waals surface area (Å²) in [7, 11) is 0. The van der Waals surface area contributed by atoms with E-state index >= 15 is 0 Å². The van der Waals surface area contributed by atoms with Crippen LogP contribution in [-0.2, 0) is 19.1 Å². The van der Waals surface area contributed by atoms with E-state index in [4.69, 9.17) is 9.47 Å². The van der Waals surface area contributed by atoms with Crippen LogP contribution in [0.15, 0.2) is 24.3 Å². The van der Waals surface area contributed by atoms with Crippen LogP contribution in [0, 0.1) is 17.8 Å². The molecule has 4 rings (SSSR count). The molecule has 38 heavy (non-hydrogen) atoms. The molecule has 1 aromatic rings.